The molecule has 1 aromatic carbocycles. The highest BCUT2D eigenvalue weighted by Gasteiger charge is 2.15. The van der Waals surface area contributed by atoms with Crippen LogP contribution >= 0.6 is 27.5 Å². The zero-order valence-corrected chi connectivity index (χ0v) is 13.1. The number of rotatable bonds is 3. The van der Waals surface area contributed by atoms with E-state index in [-0.39, 0.29) is 16.7 Å². The molecule has 0 atom stereocenters. The molecule has 0 fully saturated rings. The predicted octanol–water partition coefficient (Wildman–Crippen LogP) is 3.10. The summed E-state index contributed by atoms with van der Waals surface area (Å²) in [6, 6.07) is 9.36. The van der Waals surface area contributed by atoms with E-state index in [1.807, 2.05) is 30.3 Å². The van der Waals surface area contributed by atoms with Gasteiger partial charge in [0.25, 0.3) is 0 Å². The number of halogens is 2. The molecule has 100 valence electrons. The first-order valence-corrected chi connectivity index (χ1v) is 8.55. The van der Waals surface area contributed by atoms with Crippen LogP contribution in [0, 0.1) is 0 Å². The first-order valence-electron chi connectivity index (χ1n) is 5.32. The van der Waals surface area contributed by atoms with Gasteiger partial charge in [0.2, 0.25) is 0 Å². The van der Waals surface area contributed by atoms with Gasteiger partial charge in [-0.25, -0.2) is 18.4 Å². The summed E-state index contributed by atoms with van der Waals surface area (Å²) in [5.41, 5.74) is 1.42. The topological polar surface area (TPSA) is 59.9 Å². The monoisotopic (exact) mass is 360 g/mol. The maximum absolute atomic E-state index is 11.3. The average molecular weight is 362 g/mol. The molecule has 0 aliphatic heterocycles. The van der Waals surface area contributed by atoms with Gasteiger partial charge in [-0.1, -0.05) is 41.9 Å². The molecule has 1 heterocycles. The summed E-state index contributed by atoms with van der Waals surface area (Å²) in [7, 11) is -3.20. The molecule has 0 amide bonds. The van der Waals surface area contributed by atoms with Gasteiger partial charge in [-0.3, -0.25) is 0 Å². The normalized spacial score (nSPS) is 11.5. The van der Waals surface area contributed by atoms with Crippen molar-refractivity contribution in [1.29, 1.82) is 0 Å². The number of aromatic nitrogens is 2. The summed E-state index contributed by atoms with van der Waals surface area (Å²) < 4.78 is 23.2. The third-order valence-corrected chi connectivity index (χ3v) is 4.33. The van der Waals surface area contributed by atoms with Crippen molar-refractivity contribution in [3.8, 4) is 11.3 Å². The molecule has 2 aromatic rings. The van der Waals surface area contributed by atoms with Gasteiger partial charge in [0, 0.05) is 11.8 Å². The van der Waals surface area contributed by atoms with E-state index in [0.29, 0.717) is 10.2 Å². The van der Waals surface area contributed by atoms with E-state index < -0.39 is 9.84 Å². The van der Waals surface area contributed by atoms with Crippen LogP contribution in [0.25, 0.3) is 11.3 Å². The van der Waals surface area contributed by atoms with Gasteiger partial charge in [-0.2, -0.15) is 0 Å². The Bertz CT molecular complexity index is 705. The van der Waals surface area contributed by atoms with Crippen LogP contribution in [0.15, 0.2) is 34.8 Å². The zero-order valence-electron chi connectivity index (χ0n) is 9.97. The minimum Gasteiger partial charge on any atom is -0.230 e. The molecular weight excluding hydrogens is 352 g/mol. The van der Waals surface area contributed by atoms with Crippen LogP contribution in [0.5, 0.6) is 0 Å². The van der Waals surface area contributed by atoms with E-state index in [4.69, 9.17) is 11.6 Å². The highest BCUT2D eigenvalue weighted by Crippen LogP contribution is 2.31. The van der Waals surface area contributed by atoms with Crippen LogP contribution in [0.3, 0.4) is 0 Å². The molecule has 19 heavy (non-hydrogen) atoms. The lowest BCUT2D eigenvalue weighted by Crippen LogP contribution is -2.06. The summed E-state index contributed by atoms with van der Waals surface area (Å²) in [6.45, 7) is 0. The first kappa shape index (κ1) is 14.4. The molecule has 0 aliphatic rings. The van der Waals surface area contributed by atoms with E-state index in [2.05, 4.69) is 25.9 Å². The fourth-order valence-electron chi connectivity index (χ4n) is 1.55. The Hall–Kier alpha value is -0.980. The lowest BCUT2D eigenvalue weighted by Gasteiger charge is -2.07. The molecule has 0 spiro atoms. The number of nitrogens with zero attached hydrogens (tertiary/aromatic N) is 2. The van der Waals surface area contributed by atoms with Crippen molar-refractivity contribution in [1.82, 2.24) is 9.97 Å². The fraction of sp³-hybridized carbons (Fsp3) is 0.167. The predicted molar refractivity (Wildman–Crippen MR) is 78.7 cm³/mol. The Morgan fingerprint density at radius 2 is 1.84 bits per heavy atom. The molecule has 0 saturated carbocycles. The molecule has 0 saturated heterocycles. The Labute approximate surface area is 124 Å². The van der Waals surface area contributed by atoms with Crippen molar-refractivity contribution < 1.29 is 8.42 Å². The van der Waals surface area contributed by atoms with Gasteiger partial charge < -0.3 is 0 Å². The van der Waals surface area contributed by atoms with Crippen LogP contribution in [-0.2, 0) is 15.6 Å². The van der Waals surface area contributed by atoms with Crippen molar-refractivity contribution in [2.75, 3.05) is 6.26 Å². The molecule has 0 N–H and O–H groups in total. The zero-order chi connectivity index (χ0) is 14.0. The lowest BCUT2D eigenvalue weighted by molar-refractivity contribution is 0.599. The highest BCUT2D eigenvalue weighted by molar-refractivity contribution is 9.10. The lowest BCUT2D eigenvalue weighted by atomic mass is 10.1. The van der Waals surface area contributed by atoms with Crippen LogP contribution in [-0.4, -0.2) is 24.6 Å². The molecule has 1 aromatic heterocycles. The van der Waals surface area contributed by atoms with Gasteiger partial charge in [0.05, 0.1) is 10.2 Å². The molecule has 0 bridgehead atoms. The largest absolute Gasteiger partial charge is 0.230 e. The first-order chi connectivity index (χ1) is 8.87. The highest BCUT2D eigenvalue weighted by atomic mass is 79.9. The van der Waals surface area contributed by atoms with Crippen molar-refractivity contribution >= 4 is 37.4 Å². The standard InChI is InChI=1S/C12H10BrClN2O2S/c1-19(17,18)7-9-15-11(10(13)12(14)16-9)8-5-3-2-4-6-8/h2-6H,7H2,1H3. The summed E-state index contributed by atoms with van der Waals surface area (Å²) >= 11 is 9.33. The van der Waals surface area contributed by atoms with Crippen LogP contribution < -0.4 is 0 Å². The second-order valence-electron chi connectivity index (χ2n) is 4.03. The average Bonchev–Trinajstić information content (AvgIpc) is 2.33. The van der Waals surface area contributed by atoms with Gasteiger partial charge >= 0.3 is 0 Å². The quantitative estimate of drug-likeness (QED) is 0.788. The molecule has 0 radical (unpaired) electrons. The minimum atomic E-state index is -3.20. The van der Waals surface area contributed by atoms with Crippen molar-refractivity contribution in [3.63, 3.8) is 0 Å². The Morgan fingerprint density at radius 3 is 2.42 bits per heavy atom. The van der Waals surface area contributed by atoms with E-state index >= 15 is 0 Å². The minimum absolute atomic E-state index is 0.189. The SMILES string of the molecule is CS(=O)(=O)Cc1nc(Cl)c(Br)c(-c2ccccc2)n1. The second-order valence-corrected chi connectivity index (χ2v) is 7.32. The molecule has 4 nitrogen and oxygen atoms in total. The molecule has 0 aliphatic carbocycles. The van der Waals surface area contributed by atoms with E-state index in [1.165, 1.54) is 0 Å². The Morgan fingerprint density at radius 1 is 1.21 bits per heavy atom. The number of hydrogen-bond donors (Lipinski definition) is 0. The van der Waals surface area contributed by atoms with Crippen LogP contribution in [0.4, 0.5) is 0 Å². The third-order valence-electron chi connectivity index (χ3n) is 2.30. The molecule has 2 rings (SSSR count). The fourth-order valence-corrected chi connectivity index (χ4v) is 2.74. The Kier molecular flexibility index (Phi) is 4.23. The Balaban J connectivity index is 2.55. The van der Waals surface area contributed by atoms with Gasteiger partial charge in [0.1, 0.15) is 16.7 Å². The smallest absolute Gasteiger partial charge is 0.154 e. The van der Waals surface area contributed by atoms with Crippen molar-refractivity contribution in [3.05, 3.63) is 45.8 Å². The maximum atomic E-state index is 11.3. The van der Waals surface area contributed by atoms with E-state index in [9.17, 15) is 8.42 Å². The molecule has 7 heteroatoms. The van der Waals surface area contributed by atoms with Crippen molar-refractivity contribution in [2.45, 2.75) is 5.75 Å². The molecule has 0 unspecified atom stereocenters. The van der Waals surface area contributed by atoms with E-state index in [1.54, 1.807) is 0 Å². The maximum Gasteiger partial charge on any atom is 0.154 e. The van der Waals surface area contributed by atoms with Crippen molar-refractivity contribution in [2.24, 2.45) is 0 Å². The number of hydrogen-bond acceptors (Lipinski definition) is 4. The number of sulfone groups is 1. The van der Waals surface area contributed by atoms with Gasteiger partial charge in [0.15, 0.2) is 9.84 Å². The number of benzene rings is 1. The van der Waals surface area contributed by atoms with E-state index in [0.717, 1.165) is 11.8 Å². The summed E-state index contributed by atoms with van der Waals surface area (Å²) in [5, 5.41) is 0.201. The van der Waals surface area contributed by atoms with Gasteiger partial charge in [-0.15, -0.1) is 0 Å². The van der Waals surface area contributed by atoms with Crippen LogP contribution in [0.2, 0.25) is 5.15 Å². The summed E-state index contributed by atoms with van der Waals surface area (Å²) in [6.07, 6.45) is 1.13. The summed E-state index contributed by atoms with van der Waals surface area (Å²) in [4.78, 5) is 8.24. The van der Waals surface area contributed by atoms with Gasteiger partial charge in [-0.05, 0) is 15.9 Å². The third kappa shape index (κ3) is 3.75. The molecular formula is C12H10BrClN2O2S. The second kappa shape index (κ2) is 5.56. The van der Waals surface area contributed by atoms with Crippen LogP contribution in [0.1, 0.15) is 5.82 Å². The summed E-state index contributed by atoms with van der Waals surface area (Å²) in [5.74, 6) is -0.0469.